The van der Waals surface area contributed by atoms with Crippen molar-refractivity contribution in [3.8, 4) is 5.75 Å². The fraction of sp³-hybridized carbons (Fsp3) is 0.286. The predicted molar refractivity (Wildman–Crippen MR) is 72.5 cm³/mol. The molecule has 2 N–H and O–H groups in total. The van der Waals surface area contributed by atoms with Gasteiger partial charge in [0.15, 0.2) is 0 Å². The monoisotopic (exact) mass is 256 g/mol. The van der Waals surface area contributed by atoms with Crippen LogP contribution in [0.15, 0.2) is 36.7 Å². The van der Waals surface area contributed by atoms with Gasteiger partial charge in [0.2, 0.25) is 0 Å². The smallest absolute Gasteiger partial charge is 0.141 e. The quantitative estimate of drug-likeness (QED) is 0.881. The van der Waals surface area contributed by atoms with Gasteiger partial charge in [-0.25, -0.2) is 4.98 Å². The molecule has 0 aliphatic carbocycles. The number of nitrogens with zero attached hydrogens (tertiary/aromatic N) is 3. The highest BCUT2D eigenvalue weighted by Crippen LogP contribution is 2.22. The Hall–Kier alpha value is -2.14. The first-order valence-electron chi connectivity index (χ1n) is 6.31. The van der Waals surface area contributed by atoms with Crippen LogP contribution >= 0.6 is 0 Å². The standard InChI is InChI=1S/C14H16N4O/c15-14-8-16-12(7-17-14)10-18-5-6-19-13-4-2-1-3-11(13)9-18/h1-4,7-8H,5-6,9-10H2,(H2,15,17). The molecule has 19 heavy (non-hydrogen) atoms. The van der Waals surface area contributed by atoms with Crippen LogP contribution in [0.5, 0.6) is 5.75 Å². The highest BCUT2D eigenvalue weighted by molar-refractivity contribution is 5.33. The number of anilines is 1. The van der Waals surface area contributed by atoms with Gasteiger partial charge in [-0.3, -0.25) is 9.88 Å². The van der Waals surface area contributed by atoms with Crippen molar-refractivity contribution in [2.75, 3.05) is 18.9 Å². The third kappa shape index (κ3) is 2.82. The first-order valence-corrected chi connectivity index (χ1v) is 6.31. The van der Waals surface area contributed by atoms with E-state index in [4.69, 9.17) is 10.5 Å². The third-order valence-electron chi connectivity index (χ3n) is 3.14. The maximum absolute atomic E-state index is 5.74. The molecule has 0 spiro atoms. The van der Waals surface area contributed by atoms with Crippen molar-refractivity contribution in [1.29, 1.82) is 0 Å². The van der Waals surface area contributed by atoms with Crippen LogP contribution in [0.25, 0.3) is 0 Å². The molecule has 0 bridgehead atoms. The summed E-state index contributed by atoms with van der Waals surface area (Å²) in [7, 11) is 0. The van der Waals surface area contributed by atoms with Gasteiger partial charge in [0.05, 0.1) is 18.1 Å². The van der Waals surface area contributed by atoms with Crippen LogP contribution in [0, 0.1) is 0 Å². The Balaban J connectivity index is 1.74. The zero-order valence-electron chi connectivity index (χ0n) is 10.6. The summed E-state index contributed by atoms with van der Waals surface area (Å²) >= 11 is 0. The van der Waals surface area contributed by atoms with Crippen molar-refractivity contribution in [2.45, 2.75) is 13.1 Å². The van der Waals surface area contributed by atoms with Crippen LogP contribution in [-0.2, 0) is 13.1 Å². The summed E-state index contributed by atoms with van der Waals surface area (Å²) in [6.07, 6.45) is 3.32. The van der Waals surface area contributed by atoms with Crippen LogP contribution in [0.1, 0.15) is 11.3 Å². The van der Waals surface area contributed by atoms with Gasteiger partial charge in [-0.2, -0.15) is 0 Å². The minimum atomic E-state index is 0.452. The van der Waals surface area contributed by atoms with Gasteiger partial charge in [0.25, 0.3) is 0 Å². The number of nitrogens with two attached hydrogens (primary N) is 1. The number of ether oxygens (including phenoxy) is 1. The molecule has 2 heterocycles. The summed E-state index contributed by atoms with van der Waals surface area (Å²) < 4.78 is 5.74. The lowest BCUT2D eigenvalue weighted by Gasteiger charge is -2.18. The van der Waals surface area contributed by atoms with Crippen LogP contribution in [0.2, 0.25) is 0 Å². The first kappa shape index (κ1) is 11.9. The van der Waals surface area contributed by atoms with E-state index in [1.54, 1.807) is 12.4 Å². The van der Waals surface area contributed by atoms with E-state index in [0.717, 1.165) is 31.1 Å². The van der Waals surface area contributed by atoms with E-state index in [1.165, 1.54) is 5.56 Å². The summed E-state index contributed by atoms with van der Waals surface area (Å²) in [5.74, 6) is 1.43. The summed E-state index contributed by atoms with van der Waals surface area (Å²) in [5.41, 5.74) is 7.68. The van der Waals surface area contributed by atoms with Gasteiger partial charge in [0, 0.05) is 25.2 Å². The molecule has 0 amide bonds. The molecule has 5 heteroatoms. The molecule has 0 saturated heterocycles. The van der Waals surface area contributed by atoms with E-state index < -0.39 is 0 Å². The van der Waals surface area contributed by atoms with E-state index >= 15 is 0 Å². The zero-order valence-corrected chi connectivity index (χ0v) is 10.6. The van der Waals surface area contributed by atoms with E-state index in [1.807, 2.05) is 18.2 Å². The first-order chi connectivity index (χ1) is 9.31. The minimum absolute atomic E-state index is 0.452. The van der Waals surface area contributed by atoms with Gasteiger partial charge < -0.3 is 10.5 Å². The van der Waals surface area contributed by atoms with E-state index in [2.05, 4.69) is 20.9 Å². The Morgan fingerprint density at radius 3 is 2.95 bits per heavy atom. The number of fused-ring (bicyclic) bond motifs is 1. The lowest BCUT2D eigenvalue weighted by molar-refractivity contribution is 0.217. The van der Waals surface area contributed by atoms with Gasteiger partial charge in [0.1, 0.15) is 18.2 Å². The van der Waals surface area contributed by atoms with Crippen molar-refractivity contribution < 1.29 is 4.74 Å². The van der Waals surface area contributed by atoms with Crippen LogP contribution in [-0.4, -0.2) is 28.0 Å². The van der Waals surface area contributed by atoms with Crippen LogP contribution in [0.4, 0.5) is 5.82 Å². The van der Waals surface area contributed by atoms with Crippen molar-refractivity contribution in [2.24, 2.45) is 0 Å². The number of rotatable bonds is 2. The summed E-state index contributed by atoms with van der Waals surface area (Å²) in [6, 6.07) is 8.15. The average Bonchev–Trinajstić information content (AvgIpc) is 2.63. The van der Waals surface area contributed by atoms with Crippen LogP contribution in [0.3, 0.4) is 0 Å². The SMILES string of the molecule is Nc1cnc(CN2CCOc3ccccc3C2)cn1. The van der Waals surface area contributed by atoms with Crippen molar-refractivity contribution in [3.63, 3.8) is 0 Å². The highest BCUT2D eigenvalue weighted by Gasteiger charge is 2.15. The summed E-state index contributed by atoms with van der Waals surface area (Å²) in [6.45, 7) is 3.19. The normalized spacial score (nSPS) is 15.4. The third-order valence-corrected chi connectivity index (χ3v) is 3.14. The van der Waals surface area contributed by atoms with Crippen molar-refractivity contribution in [3.05, 3.63) is 47.9 Å². The van der Waals surface area contributed by atoms with Gasteiger partial charge in [-0.15, -0.1) is 0 Å². The second-order valence-corrected chi connectivity index (χ2v) is 4.60. The Kier molecular flexibility index (Phi) is 3.29. The maximum atomic E-state index is 5.74. The summed E-state index contributed by atoms with van der Waals surface area (Å²) in [5, 5.41) is 0. The fourth-order valence-corrected chi connectivity index (χ4v) is 2.19. The molecular formula is C14H16N4O. The van der Waals surface area contributed by atoms with Crippen molar-refractivity contribution in [1.82, 2.24) is 14.9 Å². The van der Waals surface area contributed by atoms with E-state index in [9.17, 15) is 0 Å². The molecule has 2 aromatic rings. The molecule has 1 aliphatic heterocycles. The molecular weight excluding hydrogens is 240 g/mol. The van der Waals surface area contributed by atoms with Gasteiger partial charge in [-0.1, -0.05) is 18.2 Å². The molecule has 0 saturated carbocycles. The average molecular weight is 256 g/mol. The Morgan fingerprint density at radius 1 is 1.21 bits per heavy atom. The molecule has 3 rings (SSSR count). The van der Waals surface area contributed by atoms with Crippen molar-refractivity contribution >= 4 is 5.82 Å². The predicted octanol–water partition coefficient (Wildman–Crippen LogP) is 1.45. The van der Waals surface area contributed by atoms with Crippen LogP contribution < -0.4 is 10.5 Å². The lowest BCUT2D eigenvalue weighted by atomic mass is 10.2. The second kappa shape index (κ2) is 5.24. The molecule has 0 radical (unpaired) electrons. The Labute approximate surface area is 112 Å². The molecule has 98 valence electrons. The van der Waals surface area contributed by atoms with Gasteiger partial charge >= 0.3 is 0 Å². The molecule has 1 aromatic heterocycles. The Morgan fingerprint density at radius 2 is 2.11 bits per heavy atom. The molecule has 1 aliphatic rings. The molecule has 1 aromatic carbocycles. The largest absolute Gasteiger partial charge is 0.492 e. The lowest BCUT2D eigenvalue weighted by Crippen LogP contribution is -2.25. The molecule has 0 unspecified atom stereocenters. The number of para-hydroxylation sites is 1. The van der Waals surface area contributed by atoms with Gasteiger partial charge in [-0.05, 0) is 6.07 Å². The molecule has 0 atom stereocenters. The number of benzene rings is 1. The molecule has 0 fully saturated rings. The highest BCUT2D eigenvalue weighted by atomic mass is 16.5. The summed E-state index contributed by atoms with van der Waals surface area (Å²) in [4.78, 5) is 10.7. The van der Waals surface area contributed by atoms with E-state index in [-0.39, 0.29) is 0 Å². The zero-order chi connectivity index (χ0) is 13.1. The minimum Gasteiger partial charge on any atom is -0.492 e. The number of hydrogen-bond donors (Lipinski definition) is 1. The second-order valence-electron chi connectivity index (χ2n) is 4.60. The number of hydrogen-bond acceptors (Lipinski definition) is 5. The topological polar surface area (TPSA) is 64.3 Å². The fourth-order valence-electron chi connectivity index (χ4n) is 2.19. The number of aromatic nitrogens is 2. The Bertz CT molecular complexity index is 556. The van der Waals surface area contributed by atoms with E-state index in [0.29, 0.717) is 12.4 Å². The number of nitrogen functional groups attached to an aromatic ring is 1. The molecule has 5 nitrogen and oxygen atoms in total. The maximum Gasteiger partial charge on any atom is 0.141 e.